The van der Waals surface area contributed by atoms with Gasteiger partial charge in [-0.1, -0.05) is 32.4 Å². The van der Waals surface area contributed by atoms with E-state index in [2.05, 4.69) is 6.92 Å². The summed E-state index contributed by atoms with van der Waals surface area (Å²) >= 11 is 0. The highest BCUT2D eigenvalue weighted by molar-refractivity contribution is 5.66. The topological polar surface area (TPSA) is 57.5 Å². The molecule has 0 aliphatic rings. The zero-order valence-corrected chi connectivity index (χ0v) is 9.94. The summed E-state index contributed by atoms with van der Waals surface area (Å²) in [5.41, 5.74) is 1.31. The summed E-state index contributed by atoms with van der Waals surface area (Å²) in [6, 6.07) is 7.44. The smallest absolute Gasteiger partial charge is 0.303 e. The van der Waals surface area contributed by atoms with Gasteiger partial charge in [0.2, 0.25) is 0 Å². The molecule has 16 heavy (non-hydrogen) atoms. The summed E-state index contributed by atoms with van der Waals surface area (Å²) in [5, 5.41) is 16.7. The Morgan fingerprint density at radius 2 is 1.69 bits per heavy atom. The number of hydrogen-bond acceptors (Lipinski definition) is 2. The van der Waals surface area contributed by atoms with Crippen molar-refractivity contribution in [3.8, 4) is 5.75 Å². The van der Waals surface area contributed by atoms with Crippen molar-refractivity contribution in [3.05, 3.63) is 29.8 Å². The van der Waals surface area contributed by atoms with Crippen LogP contribution in [-0.4, -0.2) is 16.2 Å². The average molecular weight is 224 g/mol. The molecular weight excluding hydrogens is 204 g/mol. The molecule has 0 spiro atoms. The lowest BCUT2D eigenvalue weighted by Crippen LogP contribution is -1.86. The molecule has 0 aliphatic carbocycles. The number of hydrogen-bond donors (Lipinski definition) is 2. The summed E-state index contributed by atoms with van der Waals surface area (Å²) in [6.07, 6.45) is 3.79. The van der Waals surface area contributed by atoms with E-state index in [1.807, 2.05) is 12.1 Å². The quantitative estimate of drug-likeness (QED) is 0.825. The number of phenolic OH excluding ortho intramolecular Hbond substituents is 1. The van der Waals surface area contributed by atoms with Crippen LogP contribution in [0.3, 0.4) is 0 Å². The van der Waals surface area contributed by atoms with E-state index in [1.165, 1.54) is 18.4 Å². The molecule has 3 heteroatoms. The summed E-state index contributed by atoms with van der Waals surface area (Å²) < 4.78 is 0. The largest absolute Gasteiger partial charge is 0.508 e. The summed E-state index contributed by atoms with van der Waals surface area (Å²) in [4.78, 5) is 9.37. The molecule has 2 N–H and O–H groups in total. The molecule has 0 amide bonds. The SMILES string of the molecule is CCC(=O)O.CCCCc1ccc(O)cc1. The molecule has 1 aromatic rings. The molecule has 0 saturated heterocycles. The number of unbranched alkanes of at least 4 members (excludes halogenated alkanes) is 1. The average Bonchev–Trinajstić information content (AvgIpc) is 2.29. The first-order valence-electron chi connectivity index (χ1n) is 5.59. The molecular formula is C13H20O3. The van der Waals surface area contributed by atoms with Crippen LogP contribution in [0, 0.1) is 0 Å². The Labute approximate surface area is 96.7 Å². The molecule has 3 nitrogen and oxygen atoms in total. The van der Waals surface area contributed by atoms with Gasteiger partial charge in [0.05, 0.1) is 0 Å². The van der Waals surface area contributed by atoms with Crippen LogP contribution in [0.5, 0.6) is 5.75 Å². The van der Waals surface area contributed by atoms with Crippen LogP contribution < -0.4 is 0 Å². The number of carboxylic acids is 1. The van der Waals surface area contributed by atoms with Crippen LogP contribution in [-0.2, 0) is 11.2 Å². The number of benzene rings is 1. The summed E-state index contributed by atoms with van der Waals surface area (Å²) in [5.74, 6) is -0.393. The van der Waals surface area contributed by atoms with E-state index in [4.69, 9.17) is 10.2 Å². The van der Waals surface area contributed by atoms with E-state index in [0.29, 0.717) is 5.75 Å². The Morgan fingerprint density at radius 3 is 2.06 bits per heavy atom. The molecule has 1 rings (SSSR count). The molecule has 0 saturated carbocycles. The van der Waals surface area contributed by atoms with Crippen LogP contribution in [0.4, 0.5) is 0 Å². The van der Waals surface area contributed by atoms with Crippen molar-refractivity contribution in [1.29, 1.82) is 0 Å². The maximum Gasteiger partial charge on any atom is 0.303 e. The number of carbonyl (C=O) groups is 1. The second-order valence-electron chi connectivity index (χ2n) is 3.52. The third kappa shape index (κ3) is 7.85. The first-order valence-corrected chi connectivity index (χ1v) is 5.59. The fourth-order valence-electron chi connectivity index (χ4n) is 1.04. The van der Waals surface area contributed by atoms with Crippen molar-refractivity contribution >= 4 is 5.97 Å². The lowest BCUT2D eigenvalue weighted by molar-refractivity contribution is -0.136. The van der Waals surface area contributed by atoms with Gasteiger partial charge >= 0.3 is 5.97 Å². The number of carboxylic acid groups (broad SMARTS) is 1. The van der Waals surface area contributed by atoms with E-state index in [-0.39, 0.29) is 6.42 Å². The minimum atomic E-state index is -0.745. The van der Waals surface area contributed by atoms with Crippen molar-refractivity contribution in [2.75, 3.05) is 0 Å². The van der Waals surface area contributed by atoms with Crippen LogP contribution in [0.15, 0.2) is 24.3 Å². The number of aliphatic carboxylic acids is 1. The van der Waals surface area contributed by atoms with Crippen molar-refractivity contribution in [1.82, 2.24) is 0 Å². The van der Waals surface area contributed by atoms with Gasteiger partial charge in [-0.15, -0.1) is 0 Å². The summed E-state index contributed by atoms with van der Waals surface area (Å²) in [7, 11) is 0. The highest BCUT2D eigenvalue weighted by Crippen LogP contribution is 2.11. The van der Waals surface area contributed by atoms with Crippen molar-refractivity contribution < 1.29 is 15.0 Å². The lowest BCUT2D eigenvalue weighted by atomic mass is 10.1. The van der Waals surface area contributed by atoms with Crippen molar-refractivity contribution in [3.63, 3.8) is 0 Å². The predicted octanol–water partition coefficient (Wildman–Crippen LogP) is 3.22. The Kier molecular flexibility index (Phi) is 7.94. The maximum absolute atomic E-state index is 9.37. The highest BCUT2D eigenvalue weighted by Gasteiger charge is 1.91. The minimum absolute atomic E-state index is 0.222. The van der Waals surface area contributed by atoms with Gasteiger partial charge < -0.3 is 10.2 Å². The fraction of sp³-hybridized carbons (Fsp3) is 0.462. The van der Waals surface area contributed by atoms with Gasteiger partial charge in [0.1, 0.15) is 5.75 Å². The minimum Gasteiger partial charge on any atom is -0.508 e. The van der Waals surface area contributed by atoms with Gasteiger partial charge in [-0.25, -0.2) is 0 Å². The molecule has 0 atom stereocenters. The first kappa shape index (κ1) is 14.5. The third-order valence-corrected chi connectivity index (χ3v) is 2.06. The molecule has 0 aromatic heterocycles. The third-order valence-electron chi connectivity index (χ3n) is 2.06. The van der Waals surface area contributed by atoms with Gasteiger partial charge in [0, 0.05) is 6.42 Å². The fourth-order valence-corrected chi connectivity index (χ4v) is 1.04. The second-order valence-corrected chi connectivity index (χ2v) is 3.52. The number of phenols is 1. The van der Waals surface area contributed by atoms with E-state index >= 15 is 0 Å². The van der Waals surface area contributed by atoms with Crippen molar-refractivity contribution in [2.45, 2.75) is 39.5 Å². The van der Waals surface area contributed by atoms with Crippen LogP contribution >= 0.6 is 0 Å². The Balaban J connectivity index is 0.000000385. The van der Waals surface area contributed by atoms with Gasteiger partial charge in [-0.2, -0.15) is 0 Å². The van der Waals surface area contributed by atoms with Gasteiger partial charge in [0.25, 0.3) is 0 Å². The Morgan fingerprint density at radius 1 is 1.19 bits per heavy atom. The molecule has 1 aromatic carbocycles. The molecule has 0 heterocycles. The van der Waals surface area contributed by atoms with Gasteiger partial charge in [-0.3, -0.25) is 4.79 Å². The number of aromatic hydroxyl groups is 1. The maximum atomic E-state index is 9.37. The summed E-state index contributed by atoms with van der Waals surface area (Å²) in [6.45, 7) is 3.78. The predicted molar refractivity (Wildman–Crippen MR) is 64.6 cm³/mol. The number of aryl methyl sites for hydroxylation is 1. The Hall–Kier alpha value is -1.51. The van der Waals surface area contributed by atoms with Crippen molar-refractivity contribution in [2.24, 2.45) is 0 Å². The van der Waals surface area contributed by atoms with E-state index in [9.17, 15) is 4.79 Å². The molecule has 0 radical (unpaired) electrons. The molecule has 0 fully saturated rings. The monoisotopic (exact) mass is 224 g/mol. The first-order chi connectivity index (χ1) is 7.60. The van der Waals surface area contributed by atoms with Crippen LogP contribution in [0.1, 0.15) is 38.7 Å². The van der Waals surface area contributed by atoms with E-state index < -0.39 is 5.97 Å². The van der Waals surface area contributed by atoms with E-state index in [0.717, 1.165) is 6.42 Å². The van der Waals surface area contributed by atoms with E-state index in [1.54, 1.807) is 19.1 Å². The second kappa shape index (κ2) is 8.77. The lowest BCUT2D eigenvalue weighted by Gasteiger charge is -1.98. The normalized spacial score (nSPS) is 9.12. The number of rotatable bonds is 4. The molecule has 0 bridgehead atoms. The Bertz CT molecular complexity index is 291. The highest BCUT2D eigenvalue weighted by atomic mass is 16.4. The zero-order valence-electron chi connectivity index (χ0n) is 9.94. The van der Waals surface area contributed by atoms with Gasteiger partial charge in [0.15, 0.2) is 0 Å². The molecule has 0 aliphatic heterocycles. The van der Waals surface area contributed by atoms with Crippen LogP contribution in [0.2, 0.25) is 0 Å². The molecule has 0 unspecified atom stereocenters. The van der Waals surface area contributed by atoms with Gasteiger partial charge in [-0.05, 0) is 30.5 Å². The van der Waals surface area contributed by atoms with Crippen LogP contribution in [0.25, 0.3) is 0 Å². The molecule has 90 valence electrons. The zero-order chi connectivity index (χ0) is 12.4. The standard InChI is InChI=1S/C10H14O.C3H6O2/c1-2-3-4-9-5-7-10(11)8-6-9;1-2-3(4)5/h5-8,11H,2-4H2,1H3;2H2,1H3,(H,4,5).